The third kappa shape index (κ3) is 5.82. The van der Waals surface area contributed by atoms with Crippen molar-refractivity contribution >= 4 is 38.5 Å². The van der Waals surface area contributed by atoms with E-state index in [1.54, 1.807) is 40.0 Å². The van der Waals surface area contributed by atoms with Gasteiger partial charge in [0, 0.05) is 36.0 Å². The summed E-state index contributed by atoms with van der Waals surface area (Å²) in [6.07, 6.45) is 2.66. The number of para-hydroxylation sites is 1. The number of thiophene rings is 1. The van der Waals surface area contributed by atoms with Crippen molar-refractivity contribution in [1.82, 2.24) is 4.40 Å². The van der Waals surface area contributed by atoms with Gasteiger partial charge in [-0.15, -0.1) is 11.3 Å². The van der Waals surface area contributed by atoms with Crippen molar-refractivity contribution < 1.29 is 14.3 Å². The molecule has 3 aromatic heterocycles. The van der Waals surface area contributed by atoms with Crippen LogP contribution in [0.25, 0.3) is 26.7 Å². The molecule has 0 bridgehead atoms. The monoisotopic (exact) mass is 588 g/mol. The number of fused-ring (bicyclic) bond motifs is 3. The minimum absolute atomic E-state index is 0.180. The lowest BCUT2D eigenvalue weighted by Crippen LogP contribution is -2.35. The van der Waals surface area contributed by atoms with Crippen LogP contribution in [0.5, 0.6) is 5.75 Å². The zero-order valence-electron chi connectivity index (χ0n) is 24.2. The Morgan fingerprint density at radius 2 is 1.63 bits per heavy atom. The third-order valence-corrected chi connectivity index (χ3v) is 8.79. The first-order valence-corrected chi connectivity index (χ1v) is 15.1. The van der Waals surface area contributed by atoms with Gasteiger partial charge in [-0.1, -0.05) is 67.6 Å². The van der Waals surface area contributed by atoms with Gasteiger partial charge in [0.05, 0.1) is 22.4 Å². The van der Waals surface area contributed by atoms with Crippen LogP contribution in [0, 0.1) is 0 Å². The number of ether oxygens (including phenoxy) is 2. The van der Waals surface area contributed by atoms with Gasteiger partial charge in [-0.25, -0.2) is 0 Å². The number of carbonyl (C=O) groups excluding carboxylic acids is 1. The van der Waals surface area contributed by atoms with Gasteiger partial charge >= 0.3 is 0 Å². The summed E-state index contributed by atoms with van der Waals surface area (Å²) in [5, 5.41) is 1.02. The van der Waals surface area contributed by atoms with Gasteiger partial charge in [0.2, 0.25) is 0 Å². The Bertz CT molecular complexity index is 1930. The van der Waals surface area contributed by atoms with Gasteiger partial charge in [0.15, 0.2) is 0 Å². The Morgan fingerprint density at radius 1 is 0.907 bits per heavy atom. The van der Waals surface area contributed by atoms with Crippen molar-refractivity contribution in [3.63, 3.8) is 0 Å². The number of aromatic nitrogens is 1. The molecule has 6 rings (SSSR count). The maximum atomic E-state index is 14.5. The molecule has 0 N–H and O–H groups in total. The molecular formula is C36H32N2O4S. The van der Waals surface area contributed by atoms with Crippen LogP contribution in [0.15, 0.2) is 114 Å². The Kier molecular flexibility index (Phi) is 8.36. The minimum atomic E-state index is -0.191. The van der Waals surface area contributed by atoms with Crippen molar-refractivity contribution in [3.05, 3.63) is 136 Å². The Labute approximate surface area is 254 Å². The molecule has 6 aromatic rings. The first-order valence-electron chi connectivity index (χ1n) is 14.3. The fraction of sp³-hybridized carbons (Fsp3) is 0.167. The maximum Gasteiger partial charge on any atom is 0.263 e. The van der Waals surface area contributed by atoms with E-state index in [0.717, 1.165) is 27.8 Å². The second-order valence-electron chi connectivity index (χ2n) is 10.2. The lowest BCUT2D eigenvalue weighted by molar-refractivity contribution is 0.0977. The summed E-state index contributed by atoms with van der Waals surface area (Å²) in [5.41, 5.74) is 3.91. The molecule has 0 fully saturated rings. The molecular weight excluding hydrogens is 556 g/mol. The van der Waals surface area contributed by atoms with Crippen molar-refractivity contribution in [1.29, 1.82) is 0 Å². The minimum Gasteiger partial charge on any atom is -0.489 e. The van der Waals surface area contributed by atoms with Gasteiger partial charge in [-0.05, 0) is 65.4 Å². The largest absolute Gasteiger partial charge is 0.489 e. The summed E-state index contributed by atoms with van der Waals surface area (Å²) in [6, 6.07) is 32.9. The highest BCUT2D eigenvalue weighted by atomic mass is 32.1. The first kappa shape index (κ1) is 28.4. The molecule has 3 heterocycles. The molecule has 3 aromatic carbocycles. The molecule has 0 aliphatic carbocycles. The van der Waals surface area contributed by atoms with Crippen molar-refractivity contribution in [3.8, 4) is 16.9 Å². The van der Waals surface area contributed by atoms with Crippen LogP contribution in [0.2, 0.25) is 0 Å². The predicted molar refractivity (Wildman–Crippen MR) is 175 cm³/mol. The summed E-state index contributed by atoms with van der Waals surface area (Å²) in [6.45, 7) is 3.30. The van der Waals surface area contributed by atoms with E-state index in [9.17, 15) is 9.59 Å². The normalized spacial score (nSPS) is 11.2. The van der Waals surface area contributed by atoms with Gasteiger partial charge in [0.1, 0.15) is 12.4 Å². The lowest BCUT2D eigenvalue weighted by atomic mass is 10.0. The zero-order valence-corrected chi connectivity index (χ0v) is 25.0. The van der Waals surface area contributed by atoms with Crippen LogP contribution >= 0.6 is 11.3 Å². The average molecular weight is 589 g/mol. The SMILES string of the molecule is CCc1cc2ccn3c(=O)c(-c4ccc(OCc5ccccc5)cc4)cc(C(=O)N(CCOC)c4ccccc4)c3c2s1. The highest BCUT2D eigenvalue weighted by molar-refractivity contribution is 7.20. The van der Waals surface area contributed by atoms with E-state index < -0.39 is 0 Å². The molecule has 0 atom stereocenters. The van der Waals surface area contributed by atoms with E-state index >= 15 is 0 Å². The van der Waals surface area contributed by atoms with E-state index in [1.807, 2.05) is 91.0 Å². The van der Waals surface area contributed by atoms with Gasteiger partial charge in [0.25, 0.3) is 11.5 Å². The van der Waals surface area contributed by atoms with Gasteiger partial charge in [-0.3, -0.25) is 14.0 Å². The molecule has 43 heavy (non-hydrogen) atoms. The van der Waals surface area contributed by atoms with Gasteiger partial charge < -0.3 is 14.4 Å². The second-order valence-corrected chi connectivity index (χ2v) is 11.4. The van der Waals surface area contributed by atoms with Crippen LogP contribution < -0.4 is 15.2 Å². The number of carbonyl (C=O) groups is 1. The maximum absolute atomic E-state index is 14.5. The van der Waals surface area contributed by atoms with Crippen LogP contribution in [0.1, 0.15) is 27.7 Å². The van der Waals surface area contributed by atoms with E-state index in [0.29, 0.717) is 47.7 Å². The standard InChI is InChI=1S/C36H32N2O4S/c1-3-30-22-27-18-19-38-33(34(27)43-30)32(36(40)37(20-21-41-2)28-12-8-5-9-13-28)23-31(35(38)39)26-14-16-29(17-15-26)42-24-25-10-6-4-7-11-25/h4-19,22-23H,3,20-21,24H2,1-2H3. The number of benzene rings is 3. The number of nitrogens with zero attached hydrogens (tertiary/aromatic N) is 2. The Morgan fingerprint density at radius 3 is 2.33 bits per heavy atom. The number of amides is 1. The summed E-state index contributed by atoms with van der Waals surface area (Å²) >= 11 is 1.63. The number of rotatable bonds is 10. The highest BCUT2D eigenvalue weighted by Gasteiger charge is 2.24. The molecule has 216 valence electrons. The number of hydrogen-bond donors (Lipinski definition) is 0. The van der Waals surface area contributed by atoms with Crippen LogP contribution in [-0.4, -0.2) is 30.6 Å². The molecule has 0 aliphatic heterocycles. The second kappa shape index (κ2) is 12.7. The fourth-order valence-electron chi connectivity index (χ4n) is 5.23. The summed E-state index contributed by atoms with van der Waals surface area (Å²) in [4.78, 5) is 31.4. The fourth-order valence-corrected chi connectivity index (χ4v) is 6.37. The summed E-state index contributed by atoms with van der Waals surface area (Å²) in [5.74, 6) is 0.510. The molecule has 6 nitrogen and oxygen atoms in total. The highest BCUT2D eigenvalue weighted by Crippen LogP contribution is 2.34. The van der Waals surface area contributed by atoms with Crippen molar-refractivity contribution in [2.24, 2.45) is 0 Å². The third-order valence-electron chi connectivity index (χ3n) is 7.49. The van der Waals surface area contributed by atoms with E-state index in [2.05, 4.69) is 13.0 Å². The van der Waals surface area contributed by atoms with Gasteiger partial charge in [-0.2, -0.15) is 0 Å². The average Bonchev–Trinajstić information content (AvgIpc) is 3.49. The smallest absolute Gasteiger partial charge is 0.263 e. The molecule has 0 unspecified atom stereocenters. The number of hydrogen-bond acceptors (Lipinski definition) is 5. The van der Waals surface area contributed by atoms with E-state index in [1.165, 1.54) is 4.88 Å². The number of methoxy groups -OCH3 is 1. The molecule has 7 heteroatoms. The Balaban J connectivity index is 1.48. The van der Waals surface area contributed by atoms with E-state index in [4.69, 9.17) is 9.47 Å². The molecule has 0 radical (unpaired) electrons. The van der Waals surface area contributed by atoms with Crippen molar-refractivity contribution in [2.75, 3.05) is 25.2 Å². The molecule has 1 amide bonds. The van der Waals surface area contributed by atoms with Crippen molar-refractivity contribution in [2.45, 2.75) is 20.0 Å². The van der Waals surface area contributed by atoms with Crippen LogP contribution in [0.3, 0.4) is 0 Å². The molecule has 0 spiro atoms. The zero-order chi connectivity index (χ0) is 29.8. The number of pyridine rings is 2. The molecule has 0 saturated heterocycles. The number of aryl methyl sites for hydroxylation is 1. The topological polar surface area (TPSA) is 60.2 Å². The van der Waals surface area contributed by atoms with Crippen LogP contribution in [-0.2, 0) is 17.8 Å². The van der Waals surface area contributed by atoms with E-state index in [-0.39, 0.29) is 11.5 Å². The molecule has 0 aliphatic rings. The number of anilines is 1. The quantitative estimate of drug-likeness (QED) is 0.165. The predicted octanol–water partition coefficient (Wildman–Crippen LogP) is 7.62. The van der Waals surface area contributed by atoms with Crippen LogP contribution in [0.4, 0.5) is 5.69 Å². The lowest BCUT2D eigenvalue weighted by Gasteiger charge is -2.24. The summed E-state index contributed by atoms with van der Waals surface area (Å²) in [7, 11) is 1.62. The first-order chi connectivity index (χ1) is 21.1. The molecule has 0 saturated carbocycles. The summed E-state index contributed by atoms with van der Waals surface area (Å²) < 4.78 is 13.9. The Hall–Kier alpha value is -4.72.